The van der Waals surface area contributed by atoms with Gasteiger partial charge in [-0.05, 0) is 31.4 Å². The molecule has 1 aliphatic rings. The standard InChI is InChI=1S/C14H22N2O/c1-11-5-6-12(17-2)9-13(11)16-14(10-15)7-3-4-8-14/h5-6,9,16H,3-4,7-8,10,15H2,1-2H3. The Balaban J connectivity index is 2.22. The second kappa shape index (κ2) is 4.96. The van der Waals surface area contributed by atoms with Crippen LogP contribution in [-0.2, 0) is 0 Å². The molecule has 17 heavy (non-hydrogen) atoms. The molecular formula is C14H22N2O. The van der Waals surface area contributed by atoms with Crippen LogP contribution in [0.5, 0.6) is 5.75 Å². The number of methoxy groups -OCH3 is 1. The molecule has 3 heteroatoms. The smallest absolute Gasteiger partial charge is 0.120 e. The van der Waals surface area contributed by atoms with Crippen molar-refractivity contribution in [2.45, 2.75) is 38.1 Å². The van der Waals surface area contributed by atoms with Crippen LogP contribution in [0.25, 0.3) is 0 Å². The molecule has 0 aromatic heterocycles. The van der Waals surface area contributed by atoms with Crippen molar-refractivity contribution < 1.29 is 4.74 Å². The zero-order chi connectivity index (χ0) is 12.3. The van der Waals surface area contributed by atoms with Crippen LogP contribution in [0.1, 0.15) is 31.2 Å². The quantitative estimate of drug-likeness (QED) is 0.842. The van der Waals surface area contributed by atoms with Gasteiger partial charge in [0.25, 0.3) is 0 Å². The van der Waals surface area contributed by atoms with Crippen LogP contribution in [0.2, 0.25) is 0 Å². The van der Waals surface area contributed by atoms with Crippen molar-refractivity contribution in [1.82, 2.24) is 0 Å². The van der Waals surface area contributed by atoms with Crippen LogP contribution in [0.15, 0.2) is 18.2 Å². The zero-order valence-electron chi connectivity index (χ0n) is 10.8. The number of hydrogen-bond acceptors (Lipinski definition) is 3. The van der Waals surface area contributed by atoms with Crippen LogP contribution in [0.3, 0.4) is 0 Å². The van der Waals surface area contributed by atoms with Gasteiger partial charge in [-0.1, -0.05) is 18.9 Å². The minimum absolute atomic E-state index is 0.0944. The Hall–Kier alpha value is -1.22. The first kappa shape index (κ1) is 12.2. The Morgan fingerprint density at radius 1 is 1.35 bits per heavy atom. The molecule has 2 rings (SSSR count). The summed E-state index contributed by atoms with van der Waals surface area (Å²) in [4.78, 5) is 0. The highest BCUT2D eigenvalue weighted by Crippen LogP contribution is 2.34. The van der Waals surface area contributed by atoms with Gasteiger partial charge in [0.15, 0.2) is 0 Å². The fraction of sp³-hybridized carbons (Fsp3) is 0.571. The van der Waals surface area contributed by atoms with Gasteiger partial charge in [-0.25, -0.2) is 0 Å². The maximum absolute atomic E-state index is 5.94. The van der Waals surface area contributed by atoms with Crippen LogP contribution >= 0.6 is 0 Å². The Morgan fingerprint density at radius 3 is 2.65 bits per heavy atom. The molecule has 3 nitrogen and oxygen atoms in total. The van der Waals surface area contributed by atoms with Crippen molar-refractivity contribution in [2.75, 3.05) is 19.0 Å². The Kier molecular flexibility index (Phi) is 3.57. The van der Waals surface area contributed by atoms with E-state index in [1.807, 2.05) is 6.07 Å². The predicted molar refractivity (Wildman–Crippen MR) is 71.6 cm³/mol. The third-order valence-corrected chi connectivity index (χ3v) is 3.80. The maximum Gasteiger partial charge on any atom is 0.120 e. The van der Waals surface area contributed by atoms with Crippen molar-refractivity contribution >= 4 is 5.69 Å². The lowest BCUT2D eigenvalue weighted by atomic mass is 9.96. The van der Waals surface area contributed by atoms with E-state index in [4.69, 9.17) is 10.5 Å². The number of ether oxygens (including phenoxy) is 1. The van der Waals surface area contributed by atoms with Crippen LogP contribution in [0.4, 0.5) is 5.69 Å². The highest BCUT2D eigenvalue weighted by atomic mass is 16.5. The SMILES string of the molecule is COc1ccc(C)c(NC2(CN)CCCC2)c1. The van der Waals surface area contributed by atoms with Crippen molar-refractivity contribution in [3.8, 4) is 5.75 Å². The lowest BCUT2D eigenvalue weighted by Crippen LogP contribution is -2.42. The fourth-order valence-electron chi connectivity index (χ4n) is 2.58. The summed E-state index contributed by atoms with van der Waals surface area (Å²) in [5.41, 5.74) is 8.43. The van der Waals surface area contributed by atoms with Crippen molar-refractivity contribution in [1.29, 1.82) is 0 Å². The summed E-state index contributed by atoms with van der Waals surface area (Å²) in [6, 6.07) is 6.13. The minimum Gasteiger partial charge on any atom is -0.497 e. The van der Waals surface area contributed by atoms with E-state index in [2.05, 4.69) is 24.4 Å². The molecule has 0 aliphatic heterocycles. The molecule has 1 aromatic rings. The van der Waals surface area contributed by atoms with E-state index in [1.54, 1.807) is 7.11 Å². The Morgan fingerprint density at radius 2 is 2.06 bits per heavy atom. The molecule has 1 aromatic carbocycles. The Bertz CT molecular complexity index is 384. The largest absolute Gasteiger partial charge is 0.497 e. The number of hydrogen-bond donors (Lipinski definition) is 2. The highest BCUT2D eigenvalue weighted by Gasteiger charge is 2.32. The highest BCUT2D eigenvalue weighted by molar-refractivity contribution is 5.56. The summed E-state index contributed by atoms with van der Waals surface area (Å²) in [5.74, 6) is 0.892. The van der Waals surface area contributed by atoms with Gasteiger partial charge in [-0.3, -0.25) is 0 Å². The van der Waals surface area contributed by atoms with E-state index >= 15 is 0 Å². The van der Waals surface area contributed by atoms with Crippen molar-refractivity contribution in [2.24, 2.45) is 5.73 Å². The number of anilines is 1. The third kappa shape index (κ3) is 2.55. The molecule has 0 unspecified atom stereocenters. The Labute approximate surface area is 103 Å². The number of nitrogens with two attached hydrogens (primary N) is 1. The van der Waals surface area contributed by atoms with Gasteiger partial charge in [0.2, 0.25) is 0 Å². The van der Waals surface area contributed by atoms with E-state index in [0.717, 1.165) is 11.4 Å². The molecule has 0 radical (unpaired) electrons. The summed E-state index contributed by atoms with van der Waals surface area (Å²) in [6.45, 7) is 2.81. The second-order valence-electron chi connectivity index (χ2n) is 5.00. The lowest BCUT2D eigenvalue weighted by molar-refractivity contribution is 0.414. The maximum atomic E-state index is 5.94. The van der Waals surface area contributed by atoms with Crippen molar-refractivity contribution in [3.63, 3.8) is 0 Å². The van der Waals surface area contributed by atoms with E-state index < -0.39 is 0 Å². The van der Waals surface area contributed by atoms with E-state index in [0.29, 0.717) is 6.54 Å². The molecule has 0 spiro atoms. The summed E-state index contributed by atoms with van der Waals surface area (Å²) >= 11 is 0. The number of rotatable bonds is 4. The molecule has 1 saturated carbocycles. The van der Waals surface area contributed by atoms with E-state index in [9.17, 15) is 0 Å². The first-order valence-electron chi connectivity index (χ1n) is 6.32. The first-order valence-corrected chi connectivity index (χ1v) is 6.32. The predicted octanol–water partition coefficient (Wildman–Crippen LogP) is 2.69. The van der Waals surface area contributed by atoms with Crippen LogP contribution in [0, 0.1) is 6.92 Å². The van der Waals surface area contributed by atoms with Gasteiger partial charge in [-0.15, -0.1) is 0 Å². The average Bonchev–Trinajstić information content (AvgIpc) is 2.81. The molecule has 0 atom stereocenters. The third-order valence-electron chi connectivity index (χ3n) is 3.80. The van der Waals surface area contributed by atoms with Gasteiger partial charge in [0, 0.05) is 23.8 Å². The number of aryl methyl sites for hydroxylation is 1. The fourth-order valence-corrected chi connectivity index (χ4v) is 2.58. The summed E-state index contributed by atoms with van der Waals surface area (Å²) in [7, 11) is 1.70. The molecule has 0 saturated heterocycles. The number of nitrogens with one attached hydrogen (secondary N) is 1. The normalized spacial score (nSPS) is 18.1. The van der Waals surface area contributed by atoms with Crippen LogP contribution in [-0.4, -0.2) is 19.2 Å². The van der Waals surface area contributed by atoms with Crippen LogP contribution < -0.4 is 15.8 Å². The van der Waals surface area contributed by atoms with Gasteiger partial charge in [-0.2, -0.15) is 0 Å². The zero-order valence-corrected chi connectivity index (χ0v) is 10.8. The van der Waals surface area contributed by atoms with Gasteiger partial charge in [0.1, 0.15) is 5.75 Å². The van der Waals surface area contributed by atoms with E-state index in [-0.39, 0.29) is 5.54 Å². The lowest BCUT2D eigenvalue weighted by Gasteiger charge is -2.31. The molecular weight excluding hydrogens is 212 g/mol. The molecule has 3 N–H and O–H groups in total. The molecule has 1 aliphatic carbocycles. The van der Waals surface area contributed by atoms with Gasteiger partial charge < -0.3 is 15.8 Å². The topological polar surface area (TPSA) is 47.3 Å². The average molecular weight is 234 g/mol. The molecule has 0 bridgehead atoms. The summed E-state index contributed by atoms with van der Waals surface area (Å²) in [6.07, 6.45) is 4.88. The summed E-state index contributed by atoms with van der Waals surface area (Å²) < 4.78 is 5.27. The summed E-state index contributed by atoms with van der Waals surface area (Å²) in [5, 5.41) is 3.64. The second-order valence-corrected chi connectivity index (χ2v) is 5.00. The first-order chi connectivity index (χ1) is 8.19. The molecule has 0 heterocycles. The van der Waals surface area contributed by atoms with Gasteiger partial charge in [0.05, 0.1) is 7.11 Å². The molecule has 1 fully saturated rings. The molecule has 94 valence electrons. The number of benzene rings is 1. The van der Waals surface area contributed by atoms with Gasteiger partial charge >= 0.3 is 0 Å². The van der Waals surface area contributed by atoms with E-state index in [1.165, 1.54) is 31.2 Å². The minimum atomic E-state index is 0.0944. The monoisotopic (exact) mass is 234 g/mol. The molecule has 0 amide bonds. The van der Waals surface area contributed by atoms with Crippen molar-refractivity contribution in [3.05, 3.63) is 23.8 Å².